The van der Waals surface area contributed by atoms with E-state index in [0.717, 1.165) is 16.5 Å². The van der Waals surface area contributed by atoms with E-state index in [0.29, 0.717) is 6.42 Å². The highest BCUT2D eigenvalue weighted by Gasteiger charge is 2.08. The van der Waals surface area contributed by atoms with Gasteiger partial charge in [-0.25, -0.2) is 0 Å². The number of nitro groups is 1. The molecule has 0 saturated carbocycles. The van der Waals surface area contributed by atoms with Crippen LogP contribution in [0.25, 0.3) is 0 Å². The molecule has 0 heterocycles. The van der Waals surface area contributed by atoms with Crippen molar-refractivity contribution in [3.63, 3.8) is 0 Å². The Balaban J connectivity index is 2.84. The summed E-state index contributed by atoms with van der Waals surface area (Å²) in [6.07, 6.45) is 1.38. The van der Waals surface area contributed by atoms with Gasteiger partial charge in [0.2, 0.25) is 0 Å². The fourth-order valence-corrected chi connectivity index (χ4v) is 1.69. The van der Waals surface area contributed by atoms with Gasteiger partial charge in [0, 0.05) is 23.2 Å². The van der Waals surface area contributed by atoms with Crippen molar-refractivity contribution in [2.24, 2.45) is 0 Å². The van der Waals surface area contributed by atoms with E-state index >= 15 is 0 Å². The summed E-state index contributed by atoms with van der Waals surface area (Å²) in [7, 11) is 0. The Hall–Kier alpha value is -0.940. The third-order valence-corrected chi connectivity index (χ3v) is 2.59. The second-order valence-electron chi connectivity index (χ2n) is 2.86. The van der Waals surface area contributed by atoms with Crippen LogP contribution in [0.5, 0.6) is 0 Å². The van der Waals surface area contributed by atoms with Crippen LogP contribution in [-0.4, -0.2) is 16.6 Å². The minimum atomic E-state index is -0.430. The average molecular weight is 260 g/mol. The summed E-state index contributed by atoms with van der Waals surface area (Å²) >= 11 is 3.26. The lowest BCUT2D eigenvalue weighted by Crippen LogP contribution is -1.93. The van der Waals surface area contributed by atoms with E-state index < -0.39 is 4.92 Å². The van der Waals surface area contributed by atoms with Crippen molar-refractivity contribution in [3.8, 4) is 0 Å². The SMILES string of the molecule is O=[N+]([O-])c1ccc(CCCO)c(Br)c1. The first-order valence-corrected chi connectivity index (χ1v) is 4.98. The minimum Gasteiger partial charge on any atom is -0.396 e. The average Bonchev–Trinajstić information content (AvgIpc) is 2.15. The Morgan fingerprint density at radius 3 is 2.71 bits per heavy atom. The molecule has 0 aliphatic carbocycles. The van der Waals surface area contributed by atoms with Crippen LogP contribution in [0.1, 0.15) is 12.0 Å². The number of aryl methyl sites for hydroxylation is 1. The Bertz CT molecular complexity index is 341. The molecule has 1 aromatic rings. The van der Waals surface area contributed by atoms with Gasteiger partial charge in [-0.1, -0.05) is 22.0 Å². The molecule has 1 N–H and O–H groups in total. The Morgan fingerprint density at radius 1 is 1.50 bits per heavy atom. The highest BCUT2D eigenvalue weighted by molar-refractivity contribution is 9.10. The number of nitro benzene ring substituents is 1. The molecule has 4 nitrogen and oxygen atoms in total. The Labute approximate surface area is 89.8 Å². The first-order valence-electron chi connectivity index (χ1n) is 4.19. The maximum absolute atomic E-state index is 10.4. The Kier molecular flexibility index (Phi) is 4.03. The first kappa shape index (κ1) is 11.1. The van der Waals surface area contributed by atoms with Gasteiger partial charge >= 0.3 is 0 Å². The molecule has 0 aromatic heterocycles. The smallest absolute Gasteiger partial charge is 0.270 e. The molecular weight excluding hydrogens is 250 g/mol. The van der Waals surface area contributed by atoms with Crippen LogP contribution < -0.4 is 0 Å². The molecule has 0 saturated heterocycles. The number of aliphatic hydroxyl groups is 1. The summed E-state index contributed by atoms with van der Waals surface area (Å²) in [4.78, 5) is 9.99. The molecular formula is C9H10BrNO3. The number of benzene rings is 1. The number of nitrogens with zero attached hydrogens (tertiary/aromatic N) is 1. The van der Waals surface area contributed by atoms with Crippen LogP contribution in [0.3, 0.4) is 0 Å². The second kappa shape index (κ2) is 5.07. The van der Waals surface area contributed by atoms with E-state index in [9.17, 15) is 10.1 Å². The van der Waals surface area contributed by atoms with Crippen LogP contribution in [-0.2, 0) is 6.42 Å². The summed E-state index contributed by atoms with van der Waals surface area (Å²) in [5.41, 5.74) is 1.05. The predicted molar refractivity (Wildman–Crippen MR) is 56.2 cm³/mol. The zero-order valence-electron chi connectivity index (χ0n) is 7.44. The second-order valence-corrected chi connectivity index (χ2v) is 3.71. The normalized spacial score (nSPS) is 10.1. The lowest BCUT2D eigenvalue weighted by Gasteiger charge is -2.02. The molecule has 1 aromatic carbocycles. The van der Waals surface area contributed by atoms with Crippen molar-refractivity contribution in [1.29, 1.82) is 0 Å². The van der Waals surface area contributed by atoms with E-state index in [4.69, 9.17) is 5.11 Å². The standard InChI is InChI=1S/C9H10BrNO3/c10-9-6-8(11(13)14)4-3-7(9)2-1-5-12/h3-4,6,12H,1-2,5H2. The van der Waals surface area contributed by atoms with Crippen molar-refractivity contribution in [3.05, 3.63) is 38.3 Å². The lowest BCUT2D eigenvalue weighted by molar-refractivity contribution is -0.384. The number of aliphatic hydroxyl groups excluding tert-OH is 1. The van der Waals surface area contributed by atoms with Crippen molar-refractivity contribution in [1.82, 2.24) is 0 Å². The van der Waals surface area contributed by atoms with Crippen molar-refractivity contribution in [2.45, 2.75) is 12.8 Å². The van der Waals surface area contributed by atoms with E-state index in [1.54, 1.807) is 6.07 Å². The maximum atomic E-state index is 10.4. The number of hydrogen-bond acceptors (Lipinski definition) is 3. The molecule has 0 radical (unpaired) electrons. The summed E-state index contributed by atoms with van der Waals surface area (Å²) in [5.74, 6) is 0. The van der Waals surface area contributed by atoms with Crippen molar-refractivity contribution < 1.29 is 10.0 Å². The van der Waals surface area contributed by atoms with Gasteiger partial charge in [0.05, 0.1) is 4.92 Å². The van der Waals surface area contributed by atoms with Crippen molar-refractivity contribution >= 4 is 21.6 Å². The van der Waals surface area contributed by atoms with Crippen LogP contribution >= 0.6 is 15.9 Å². The summed E-state index contributed by atoms with van der Waals surface area (Å²) < 4.78 is 0.722. The summed E-state index contributed by atoms with van der Waals surface area (Å²) in [5, 5.41) is 19.1. The van der Waals surface area contributed by atoms with E-state index in [2.05, 4.69) is 15.9 Å². The van der Waals surface area contributed by atoms with Crippen molar-refractivity contribution in [2.75, 3.05) is 6.61 Å². The number of rotatable bonds is 4. The summed E-state index contributed by atoms with van der Waals surface area (Å²) in [6.45, 7) is 0.128. The molecule has 0 spiro atoms. The zero-order valence-corrected chi connectivity index (χ0v) is 9.03. The fourth-order valence-electron chi connectivity index (χ4n) is 1.12. The van der Waals surface area contributed by atoms with Crippen LogP contribution in [0.15, 0.2) is 22.7 Å². The van der Waals surface area contributed by atoms with Gasteiger partial charge < -0.3 is 5.11 Å². The maximum Gasteiger partial charge on any atom is 0.270 e. The third kappa shape index (κ3) is 2.78. The molecule has 1 rings (SSSR count). The molecule has 0 unspecified atom stereocenters. The van der Waals surface area contributed by atoms with E-state index in [1.165, 1.54) is 12.1 Å². The lowest BCUT2D eigenvalue weighted by atomic mass is 10.1. The molecule has 0 aliphatic heterocycles. The molecule has 14 heavy (non-hydrogen) atoms. The molecule has 0 fully saturated rings. The molecule has 0 aliphatic rings. The van der Waals surface area contributed by atoms with Crippen LogP contribution in [0, 0.1) is 10.1 Å². The monoisotopic (exact) mass is 259 g/mol. The molecule has 0 amide bonds. The Morgan fingerprint density at radius 2 is 2.21 bits per heavy atom. The highest BCUT2D eigenvalue weighted by atomic mass is 79.9. The van der Waals surface area contributed by atoms with Gasteiger partial charge in [0.15, 0.2) is 0 Å². The van der Waals surface area contributed by atoms with E-state index in [-0.39, 0.29) is 12.3 Å². The highest BCUT2D eigenvalue weighted by Crippen LogP contribution is 2.23. The first-order chi connectivity index (χ1) is 6.65. The number of hydrogen-bond donors (Lipinski definition) is 1. The number of non-ortho nitro benzene ring substituents is 1. The summed E-state index contributed by atoms with van der Waals surface area (Å²) in [6, 6.07) is 4.65. The largest absolute Gasteiger partial charge is 0.396 e. The fraction of sp³-hybridized carbons (Fsp3) is 0.333. The zero-order chi connectivity index (χ0) is 10.6. The van der Waals surface area contributed by atoms with Gasteiger partial charge in [-0.15, -0.1) is 0 Å². The quantitative estimate of drug-likeness (QED) is 0.667. The van der Waals surface area contributed by atoms with Crippen LogP contribution in [0.4, 0.5) is 5.69 Å². The molecule has 5 heteroatoms. The number of halogens is 1. The molecule has 0 atom stereocenters. The topological polar surface area (TPSA) is 63.4 Å². The third-order valence-electron chi connectivity index (χ3n) is 1.85. The predicted octanol–water partition coefficient (Wildman–Crippen LogP) is 2.28. The molecule has 0 bridgehead atoms. The van der Waals surface area contributed by atoms with E-state index in [1.807, 2.05) is 0 Å². The van der Waals surface area contributed by atoms with Gasteiger partial charge in [0.1, 0.15) is 0 Å². The van der Waals surface area contributed by atoms with Crippen LogP contribution in [0.2, 0.25) is 0 Å². The van der Waals surface area contributed by atoms with Gasteiger partial charge in [-0.2, -0.15) is 0 Å². The molecule has 76 valence electrons. The minimum absolute atomic E-state index is 0.0737. The van der Waals surface area contributed by atoms with Gasteiger partial charge in [-0.05, 0) is 18.4 Å². The van der Waals surface area contributed by atoms with Gasteiger partial charge in [0.25, 0.3) is 5.69 Å². The van der Waals surface area contributed by atoms with Gasteiger partial charge in [-0.3, -0.25) is 10.1 Å².